The molecule has 0 saturated heterocycles. The summed E-state index contributed by atoms with van der Waals surface area (Å²) in [5.41, 5.74) is 3.14. The Hall–Kier alpha value is -2.56. The maximum absolute atomic E-state index is 5.22. The summed E-state index contributed by atoms with van der Waals surface area (Å²) in [6, 6.07) is 13.9. The van der Waals surface area contributed by atoms with Crippen molar-refractivity contribution in [2.24, 2.45) is 4.99 Å². The first-order chi connectivity index (χ1) is 10.7. The Labute approximate surface area is 131 Å². The van der Waals surface area contributed by atoms with Crippen LogP contribution in [0.4, 0.5) is 0 Å². The van der Waals surface area contributed by atoms with Crippen molar-refractivity contribution in [2.75, 3.05) is 14.2 Å². The van der Waals surface area contributed by atoms with Gasteiger partial charge in [-0.1, -0.05) is 18.2 Å². The number of nitrogens with one attached hydrogen (secondary N) is 2. The van der Waals surface area contributed by atoms with E-state index in [9.17, 15) is 0 Å². The van der Waals surface area contributed by atoms with E-state index in [0.717, 1.165) is 28.7 Å². The van der Waals surface area contributed by atoms with E-state index in [1.54, 1.807) is 14.2 Å². The number of pyridine rings is 1. The maximum atomic E-state index is 5.22. The van der Waals surface area contributed by atoms with Crippen LogP contribution in [0, 0.1) is 6.92 Å². The second-order valence-corrected chi connectivity index (χ2v) is 4.90. The van der Waals surface area contributed by atoms with Crippen molar-refractivity contribution in [3.63, 3.8) is 0 Å². The van der Waals surface area contributed by atoms with Gasteiger partial charge in [-0.05, 0) is 36.8 Å². The predicted molar refractivity (Wildman–Crippen MR) is 89.0 cm³/mol. The Balaban J connectivity index is 1.87. The van der Waals surface area contributed by atoms with Gasteiger partial charge in [-0.2, -0.15) is 0 Å². The van der Waals surface area contributed by atoms with E-state index in [4.69, 9.17) is 4.74 Å². The van der Waals surface area contributed by atoms with Gasteiger partial charge in [-0.25, -0.2) is 0 Å². The molecular formula is C17H22N4O. The van der Waals surface area contributed by atoms with Crippen molar-refractivity contribution in [1.29, 1.82) is 0 Å². The van der Waals surface area contributed by atoms with Crippen LogP contribution >= 0.6 is 0 Å². The fraction of sp³-hybridized carbons (Fsp3) is 0.294. The highest BCUT2D eigenvalue weighted by Gasteiger charge is 2.01. The van der Waals surface area contributed by atoms with E-state index in [1.807, 2.05) is 49.4 Å². The molecule has 0 aliphatic rings. The number of rotatable bonds is 5. The van der Waals surface area contributed by atoms with Crippen molar-refractivity contribution in [3.8, 4) is 5.75 Å². The highest BCUT2D eigenvalue weighted by Crippen LogP contribution is 2.12. The van der Waals surface area contributed by atoms with Crippen LogP contribution in [0.25, 0.3) is 0 Å². The topological polar surface area (TPSA) is 58.5 Å². The third-order valence-corrected chi connectivity index (χ3v) is 3.20. The number of methoxy groups -OCH3 is 1. The molecule has 1 aromatic carbocycles. The van der Waals surface area contributed by atoms with E-state index < -0.39 is 0 Å². The first-order valence-corrected chi connectivity index (χ1v) is 7.21. The van der Waals surface area contributed by atoms with Crippen molar-refractivity contribution in [3.05, 3.63) is 59.4 Å². The maximum Gasteiger partial charge on any atom is 0.191 e. The standard InChI is InChI=1S/C17H22N4O/c1-13-6-4-8-15(21-13)12-20-17(18-2)19-11-14-7-5-9-16(10-14)22-3/h4-10H,11-12H2,1-3H3,(H2,18,19,20). The summed E-state index contributed by atoms with van der Waals surface area (Å²) in [7, 11) is 3.42. The van der Waals surface area contributed by atoms with Crippen LogP contribution in [0.3, 0.4) is 0 Å². The van der Waals surface area contributed by atoms with Crippen molar-refractivity contribution in [1.82, 2.24) is 15.6 Å². The molecule has 2 aromatic rings. The minimum atomic E-state index is 0.638. The molecule has 0 unspecified atom stereocenters. The molecule has 0 atom stereocenters. The van der Waals surface area contributed by atoms with Gasteiger partial charge in [0.2, 0.25) is 0 Å². The number of benzene rings is 1. The molecule has 0 radical (unpaired) electrons. The molecule has 22 heavy (non-hydrogen) atoms. The molecule has 0 fully saturated rings. The molecule has 1 aromatic heterocycles. The Morgan fingerprint density at radius 2 is 1.91 bits per heavy atom. The van der Waals surface area contributed by atoms with Gasteiger partial charge in [-0.15, -0.1) is 0 Å². The Morgan fingerprint density at radius 1 is 1.14 bits per heavy atom. The van der Waals surface area contributed by atoms with Gasteiger partial charge < -0.3 is 15.4 Å². The van der Waals surface area contributed by atoms with E-state index in [-0.39, 0.29) is 0 Å². The first kappa shape index (κ1) is 15.8. The summed E-state index contributed by atoms with van der Waals surface area (Å²) in [6.07, 6.45) is 0. The lowest BCUT2D eigenvalue weighted by molar-refractivity contribution is 0.414. The van der Waals surface area contributed by atoms with Crippen molar-refractivity contribution >= 4 is 5.96 Å². The summed E-state index contributed by atoms with van der Waals surface area (Å²) in [6.45, 7) is 3.30. The monoisotopic (exact) mass is 298 g/mol. The van der Waals surface area contributed by atoms with Crippen LogP contribution in [-0.2, 0) is 13.1 Å². The molecule has 0 aliphatic carbocycles. The number of aromatic nitrogens is 1. The first-order valence-electron chi connectivity index (χ1n) is 7.21. The molecule has 0 bridgehead atoms. The SMILES string of the molecule is CN=C(NCc1cccc(OC)c1)NCc1cccc(C)n1. The largest absolute Gasteiger partial charge is 0.497 e. The van der Waals surface area contributed by atoms with Crippen LogP contribution in [0.5, 0.6) is 5.75 Å². The second-order valence-electron chi connectivity index (χ2n) is 4.90. The fourth-order valence-electron chi connectivity index (χ4n) is 2.06. The molecule has 116 valence electrons. The van der Waals surface area contributed by atoms with Gasteiger partial charge in [0, 0.05) is 19.3 Å². The average molecular weight is 298 g/mol. The molecule has 0 amide bonds. The second kappa shape index (κ2) is 8.02. The van der Waals surface area contributed by atoms with Crippen molar-refractivity contribution < 1.29 is 4.74 Å². The van der Waals surface area contributed by atoms with E-state index in [1.165, 1.54) is 0 Å². The summed E-state index contributed by atoms with van der Waals surface area (Å²) in [5.74, 6) is 1.59. The van der Waals surface area contributed by atoms with E-state index in [0.29, 0.717) is 13.1 Å². The minimum Gasteiger partial charge on any atom is -0.497 e. The fourth-order valence-corrected chi connectivity index (χ4v) is 2.06. The van der Waals surface area contributed by atoms with E-state index in [2.05, 4.69) is 20.6 Å². The third-order valence-electron chi connectivity index (χ3n) is 3.20. The highest BCUT2D eigenvalue weighted by molar-refractivity contribution is 5.79. The number of aliphatic imine (C=N–C) groups is 1. The zero-order valence-corrected chi connectivity index (χ0v) is 13.3. The molecule has 5 heteroatoms. The Bertz CT molecular complexity index is 640. The lowest BCUT2D eigenvalue weighted by Crippen LogP contribution is -2.36. The number of guanidine groups is 1. The smallest absolute Gasteiger partial charge is 0.191 e. The van der Waals surface area contributed by atoms with Crippen LogP contribution in [0.1, 0.15) is 17.0 Å². The number of nitrogens with zero attached hydrogens (tertiary/aromatic N) is 2. The van der Waals surface area contributed by atoms with Gasteiger partial charge in [0.25, 0.3) is 0 Å². The van der Waals surface area contributed by atoms with Crippen LogP contribution < -0.4 is 15.4 Å². The van der Waals surface area contributed by atoms with Gasteiger partial charge in [0.15, 0.2) is 5.96 Å². The minimum absolute atomic E-state index is 0.638. The lowest BCUT2D eigenvalue weighted by atomic mass is 10.2. The molecular weight excluding hydrogens is 276 g/mol. The quantitative estimate of drug-likeness (QED) is 0.657. The number of aryl methyl sites for hydroxylation is 1. The summed E-state index contributed by atoms with van der Waals surface area (Å²) < 4.78 is 5.22. The van der Waals surface area contributed by atoms with Gasteiger partial charge in [0.05, 0.1) is 19.3 Å². The van der Waals surface area contributed by atoms with Crippen LogP contribution in [0.15, 0.2) is 47.5 Å². The van der Waals surface area contributed by atoms with Crippen molar-refractivity contribution in [2.45, 2.75) is 20.0 Å². The Kier molecular flexibility index (Phi) is 5.77. The van der Waals surface area contributed by atoms with Crippen LogP contribution in [-0.4, -0.2) is 25.1 Å². The lowest BCUT2D eigenvalue weighted by Gasteiger charge is -2.12. The third kappa shape index (κ3) is 4.77. The Morgan fingerprint density at radius 3 is 2.64 bits per heavy atom. The number of ether oxygens (including phenoxy) is 1. The van der Waals surface area contributed by atoms with Gasteiger partial charge in [-0.3, -0.25) is 9.98 Å². The molecule has 0 saturated carbocycles. The number of hydrogen-bond donors (Lipinski definition) is 2. The van der Waals surface area contributed by atoms with E-state index >= 15 is 0 Å². The highest BCUT2D eigenvalue weighted by atomic mass is 16.5. The zero-order valence-electron chi connectivity index (χ0n) is 13.3. The van der Waals surface area contributed by atoms with Gasteiger partial charge >= 0.3 is 0 Å². The molecule has 2 N–H and O–H groups in total. The molecule has 5 nitrogen and oxygen atoms in total. The molecule has 0 spiro atoms. The predicted octanol–water partition coefficient (Wildman–Crippen LogP) is 2.26. The summed E-state index contributed by atoms with van der Waals surface area (Å²) >= 11 is 0. The average Bonchev–Trinajstić information content (AvgIpc) is 2.55. The molecule has 0 aliphatic heterocycles. The molecule has 2 rings (SSSR count). The number of hydrogen-bond acceptors (Lipinski definition) is 3. The zero-order chi connectivity index (χ0) is 15.8. The van der Waals surface area contributed by atoms with Gasteiger partial charge in [0.1, 0.15) is 5.75 Å². The molecule has 1 heterocycles. The summed E-state index contributed by atoms with van der Waals surface area (Å²) in [4.78, 5) is 8.68. The summed E-state index contributed by atoms with van der Waals surface area (Å²) in [5, 5.41) is 6.53. The normalized spacial score (nSPS) is 11.1. The van der Waals surface area contributed by atoms with Crippen LogP contribution in [0.2, 0.25) is 0 Å².